The summed E-state index contributed by atoms with van der Waals surface area (Å²) in [6, 6.07) is 6.65. The minimum absolute atomic E-state index is 0.00734. The molecule has 17 heavy (non-hydrogen) atoms. The number of ketones is 2. The highest BCUT2D eigenvalue weighted by Crippen LogP contribution is 2.10. The maximum absolute atomic E-state index is 11.4. The van der Waals surface area contributed by atoms with Gasteiger partial charge in [0.1, 0.15) is 5.78 Å². The van der Waals surface area contributed by atoms with Gasteiger partial charge in [0.2, 0.25) is 5.91 Å². The number of benzene rings is 1. The molecule has 0 atom stereocenters. The van der Waals surface area contributed by atoms with E-state index in [0.717, 1.165) is 0 Å². The van der Waals surface area contributed by atoms with E-state index in [1.165, 1.54) is 13.8 Å². The molecule has 0 aromatic heterocycles. The molecule has 4 heteroatoms. The molecule has 0 aliphatic rings. The Balaban J connectivity index is 2.54. The van der Waals surface area contributed by atoms with E-state index in [1.54, 1.807) is 24.3 Å². The molecule has 0 saturated heterocycles. The van der Waals surface area contributed by atoms with E-state index in [2.05, 4.69) is 5.32 Å². The van der Waals surface area contributed by atoms with Gasteiger partial charge in [-0.1, -0.05) is 0 Å². The number of hydrogen-bond donors (Lipinski definition) is 1. The standard InChI is InChI=1S/C13H15NO3/c1-9(15)3-8-13(17)14-12-6-4-11(5-7-12)10(2)16/h4-7H,3,8H2,1-2H3,(H,14,17). The van der Waals surface area contributed by atoms with Gasteiger partial charge in [-0.3, -0.25) is 9.59 Å². The Morgan fingerprint density at radius 3 is 2.06 bits per heavy atom. The summed E-state index contributed by atoms with van der Waals surface area (Å²) in [7, 11) is 0. The van der Waals surface area contributed by atoms with Crippen molar-refractivity contribution in [3.05, 3.63) is 29.8 Å². The first kappa shape index (κ1) is 13.1. The highest BCUT2D eigenvalue weighted by atomic mass is 16.2. The quantitative estimate of drug-likeness (QED) is 0.793. The molecule has 1 amide bonds. The Hall–Kier alpha value is -1.97. The molecular weight excluding hydrogens is 218 g/mol. The molecule has 1 aromatic carbocycles. The second kappa shape index (κ2) is 5.94. The van der Waals surface area contributed by atoms with Crippen LogP contribution < -0.4 is 5.32 Å². The number of nitrogens with one attached hydrogen (secondary N) is 1. The molecule has 1 rings (SSSR count). The SMILES string of the molecule is CC(=O)CCC(=O)Nc1ccc(C(C)=O)cc1. The summed E-state index contributed by atoms with van der Waals surface area (Å²) in [6.07, 6.45) is 0.432. The molecule has 90 valence electrons. The van der Waals surface area contributed by atoms with E-state index in [0.29, 0.717) is 11.3 Å². The van der Waals surface area contributed by atoms with E-state index in [9.17, 15) is 14.4 Å². The van der Waals surface area contributed by atoms with Crippen molar-refractivity contribution < 1.29 is 14.4 Å². The number of rotatable bonds is 5. The third-order valence-electron chi connectivity index (χ3n) is 2.28. The van der Waals surface area contributed by atoms with Crippen molar-refractivity contribution in [3.8, 4) is 0 Å². The number of amides is 1. The van der Waals surface area contributed by atoms with Crippen molar-refractivity contribution in [2.24, 2.45) is 0 Å². The van der Waals surface area contributed by atoms with E-state index in [4.69, 9.17) is 0 Å². The lowest BCUT2D eigenvalue weighted by Gasteiger charge is -2.04. The van der Waals surface area contributed by atoms with Crippen molar-refractivity contribution in [2.45, 2.75) is 26.7 Å². The van der Waals surface area contributed by atoms with Crippen LogP contribution >= 0.6 is 0 Å². The van der Waals surface area contributed by atoms with Crippen molar-refractivity contribution in [1.29, 1.82) is 0 Å². The number of anilines is 1. The predicted octanol–water partition coefficient (Wildman–Crippen LogP) is 2.20. The van der Waals surface area contributed by atoms with Crippen LogP contribution in [0.1, 0.15) is 37.0 Å². The van der Waals surface area contributed by atoms with E-state index >= 15 is 0 Å². The maximum atomic E-state index is 11.4. The minimum atomic E-state index is -0.198. The van der Waals surface area contributed by atoms with Crippen molar-refractivity contribution >= 4 is 23.2 Å². The summed E-state index contributed by atoms with van der Waals surface area (Å²) in [6.45, 7) is 2.94. The number of hydrogen-bond acceptors (Lipinski definition) is 3. The van der Waals surface area contributed by atoms with Crippen LogP contribution in [-0.2, 0) is 9.59 Å². The third-order valence-corrected chi connectivity index (χ3v) is 2.28. The summed E-state index contributed by atoms with van der Waals surface area (Å²) in [5.41, 5.74) is 1.23. The highest BCUT2D eigenvalue weighted by molar-refractivity contribution is 5.96. The van der Waals surface area contributed by atoms with Gasteiger partial charge in [0.15, 0.2) is 5.78 Å². The molecule has 0 radical (unpaired) electrons. The van der Waals surface area contributed by atoms with Crippen LogP contribution in [0.15, 0.2) is 24.3 Å². The van der Waals surface area contributed by atoms with Crippen LogP contribution in [0.5, 0.6) is 0 Å². The van der Waals surface area contributed by atoms with Gasteiger partial charge in [-0.15, -0.1) is 0 Å². The van der Waals surface area contributed by atoms with Crippen molar-refractivity contribution in [1.82, 2.24) is 0 Å². The van der Waals surface area contributed by atoms with Crippen molar-refractivity contribution in [2.75, 3.05) is 5.32 Å². The molecule has 0 bridgehead atoms. The van der Waals surface area contributed by atoms with E-state index in [-0.39, 0.29) is 30.3 Å². The van der Waals surface area contributed by atoms with Crippen molar-refractivity contribution in [3.63, 3.8) is 0 Å². The van der Waals surface area contributed by atoms with Gasteiger partial charge in [-0.05, 0) is 38.1 Å². The molecule has 1 N–H and O–H groups in total. The van der Waals surface area contributed by atoms with Gasteiger partial charge in [0.25, 0.3) is 0 Å². The Bertz CT molecular complexity index is 434. The average molecular weight is 233 g/mol. The van der Waals surface area contributed by atoms with E-state index in [1.807, 2.05) is 0 Å². The first-order valence-electron chi connectivity index (χ1n) is 5.39. The lowest BCUT2D eigenvalue weighted by molar-refractivity contribution is -0.121. The first-order chi connectivity index (χ1) is 7.99. The molecular formula is C13H15NO3. The lowest BCUT2D eigenvalue weighted by atomic mass is 10.1. The predicted molar refractivity (Wildman–Crippen MR) is 65.0 cm³/mol. The molecule has 0 aliphatic carbocycles. The molecule has 0 unspecified atom stereocenters. The van der Waals surface area contributed by atoms with Crippen LogP contribution in [0, 0.1) is 0 Å². The Kier molecular flexibility index (Phi) is 4.57. The lowest BCUT2D eigenvalue weighted by Crippen LogP contribution is -2.12. The molecule has 0 spiro atoms. The van der Waals surface area contributed by atoms with Gasteiger partial charge in [-0.2, -0.15) is 0 Å². The number of Topliss-reactive ketones (excluding diaryl/α,β-unsaturated/α-hetero) is 2. The maximum Gasteiger partial charge on any atom is 0.224 e. The molecule has 1 aromatic rings. The largest absolute Gasteiger partial charge is 0.326 e. The summed E-state index contributed by atoms with van der Waals surface area (Å²) in [4.78, 5) is 33.1. The topological polar surface area (TPSA) is 63.2 Å². The van der Waals surface area contributed by atoms with Crippen LogP contribution in [-0.4, -0.2) is 17.5 Å². The molecule has 0 saturated carbocycles. The fraction of sp³-hybridized carbons (Fsp3) is 0.308. The number of carbonyl (C=O) groups is 3. The van der Waals surface area contributed by atoms with Gasteiger partial charge < -0.3 is 10.1 Å². The zero-order chi connectivity index (χ0) is 12.8. The second-order valence-electron chi connectivity index (χ2n) is 3.88. The van der Waals surface area contributed by atoms with Crippen LogP contribution in [0.3, 0.4) is 0 Å². The minimum Gasteiger partial charge on any atom is -0.326 e. The summed E-state index contributed by atoms with van der Waals surface area (Å²) < 4.78 is 0. The highest BCUT2D eigenvalue weighted by Gasteiger charge is 2.04. The van der Waals surface area contributed by atoms with Crippen LogP contribution in [0.2, 0.25) is 0 Å². The fourth-order valence-electron chi connectivity index (χ4n) is 1.30. The second-order valence-corrected chi connectivity index (χ2v) is 3.88. The molecule has 4 nitrogen and oxygen atoms in total. The third kappa shape index (κ3) is 4.59. The van der Waals surface area contributed by atoms with Crippen LogP contribution in [0.4, 0.5) is 5.69 Å². The van der Waals surface area contributed by atoms with Gasteiger partial charge >= 0.3 is 0 Å². The Morgan fingerprint density at radius 2 is 1.59 bits per heavy atom. The Morgan fingerprint density at radius 1 is 1.00 bits per heavy atom. The normalized spacial score (nSPS) is 9.76. The summed E-state index contributed by atoms with van der Waals surface area (Å²) in [5, 5.41) is 2.66. The average Bonchev–Trinajstić information content (AvgIpc) is 2.27. The monoisotopic (exact) mass is 233 g/mol. The summed E-state index contributed by atoms with van der Waals surface area (Å²) >= 11 is 0. The first-order valence-corrected chi connectivity index (χ1v) is 5.39. The van der Waals surface area contributed by atoms with Gasteiger partial charge in [-0.25, -0.2) is 0 Å². The molecule has 0 aliphatic heterocycles. The molecule has 0 fully saturated rings. The number of carbonyl (C=O) groups excluding carboxylic acids is 3. The fourth-order valence-corrected chi connectivity index (χ4v) is 1.30. The zero-order valence-electron chi connectivity index (χ0n) is 9.95. The molecule has 0 heterocycles. The van der Waals surface area contributed by atoms with Gasteiger partial charge in [0.05, 0.1) is 0 Å². The van der Waals surface area contributed by atoms with E-state index < -0.39 is 0 Å². The smallest absolute Gasteiger partial charge is 0.224 e. The van der Waals surface area contributed by atoms with Gasteiger partial charge in [0, 0.05) is 24.1 Å². The zero-order valence-corrected chi connectivity index (χ0v) is 9.95. The Labute approximate surface area is 100 Å². The summed E-state index contributed by atoms with van der Waals surface area (Å²) in [5.74, 6) is -0.220. The van der Waals surface area contributed by atoms with Crippen LogP contribution in [0.25, 0.3) is 0 Å².